The highest BCUT2D eigenvalue weighted by atomic mass is 16.6. The zero-order valence-corrected chi connectivity index (χ0v) is 52.2. The summed E-state index contributed by atoms with van der Waals surface area (Å²) >= 11 is 0. The molecule has 0 radical (unpaired) electrons. The molecule has 0 N–H and O–H groups in total. The number of carbonyl (C=O) groups excluding carboxylic acids is 3. The van der Waals surface area contributed by atoms with Gasteiger partial charge in [0.05, 0.1) is 0 Å². The van der Waals surface area contributed by atoms with E-state index in [0.29, 0.717) is 19.3 Å². The van der Waals surface area contributed by atoms with Gasteiger partial charge in [0.1, 0.15) is 13.2 Å². The summed E-state index contributed by atoms with van der Waals surface area (Å²) in [6.07, 6.45) is 98.4. The molecule has 0 aliphatic rings. The fourth-order valence-electron chi connectivity index (χ4n) is 8.69. The van der Waals surface area contributed by atoms with E-state index < -0.39 is 6.10 Å². The highest BCUT2D eigenvalue weighted by molar-refractivity contribution is 5.71. The summed E-state index contributed by atoms with van der Waals surface area (Å²) in [6.45, 7) is 6.32. The average molecular weight is 1120 g/mol. The molecule has 6 nitrogen and oxygen atoms in total. The number of unbranched alkanes of at least 4 members (excludes halogenated alkanes) is 21. The summed E-state index contributed by atoms with van der Waals surface area (Å²) in [5.41, 5.74) is 0. The lowest BCUT2D eigenvalue weighted by atomic mass is 10.0. The molecule has 1 unspecified atom stereocenters. The van der Waals surface area contributed by atoms with Gasteiger partial charge in [-0.1, -0.05) is 307 Å². The Bertz CT molecular complexity index is 1810. The van der Waals surface area contributed by atoms with Crippen molar-refractivity contribution in [3.63, 3.8) is 0 Å². The Labute approximate surface area is 499 Å². The van der Waals surface area contributed by atoms with E-state index in [0.717, 1.165) is 109 Å². The molecule has 0 fully saturated rings. The van der Waals surface area contributed by atoms with Crippen LogP contribution >= 0.6 is 0 Å². The second-order valence-electron chi connectivity index (χ2n) is 21.3. The molecule has 0 aliphatic carbocycles. The van der Waals surface area contributed by atoms with E-state index in [1.807, 2.05) is 6.08 Å². The molecule has 0 aromatic carbocycles. The Hall–Kier alpha value is -4.97. The second-order valence-corrected chi connectivity index (χ2v) is 21.3. The van der Waals surface area contributed by atoms with Crippen LogP contribution < -0.4 is 0 Å². The van der Waals surface area contributed by atoms with Gasteiger partial charge in [0, 0.05) is 19.3 Å². The van der Waals surface area contributed by atoms with Crippen molar-refractivity contribution in [1.29, 1.82) is 0 Å². The van der Waals surface area contributed by atoms with E-state index >= 15 is 0 Å². The monoisotopic (exact) mass is 1120 g/mol. The fourth-order valence-corrected chi connectivity index (χ4v) is 8.69. The molecule has 0 amide bonds. The molecule has 456 valence electrons. The highest BCUT2D eigenvalue weighted by Gasteiger charge is 2.19. The lowest BCUT2D eigenvalue weighted by Crippen LogP contribution is -2.30. The van der Waals surface area contributed by atoms with E-state index in [2.05, 4.69) is 173 Å². The molecule has 0 heterocycles. The lowest BCUT2D eigenvalue weighted by molar-refractivity contribution is -0.166. The molecule has 0 aliphatic heterocycles. The third kappa shape index (κ3) is 65.7. The first-order chi connectivity index (χ1) is 40.0. The SMILES string of the molecule is CC/C=C\C/C=C\C/C=C\C/C=C\C/C=C\C/C=C\C/C=C\CCCC(=O)OCC(COC(=O)CC/C=C\C/C=C\C/C=C\C/C=C\C/C=C\C/C=C\CC)OC(=O)CCCCCCCCCCCCCCCCCCCCCCC. The predicted molar refractivity (Wildman–Crippen MR) is 352 cm³/mol. The molecule has 0 saturated carbocycles. The van der Waals surface area contributed by atoms with Crippen molar-refractivity contribution in [1.82, 2.24) is 0 Å². The van der Waals surface area contributed by atoms with Crippen molar-refractivity contribution in [3.05, 3.63) is 158 Å². The van der Waals surface area contributed by atoms with Crippen LogP contribution in [0, 0.1) is 0 Å². The van der Waals surface area contributed by atoms with Crippen molar-refractivity contribution in [3.8, 4) is 0 Å². The summed E-state index contributed by atoms with van der Waals surface area (Å²) in [6, 6.07) is 0. The third-order valence-electron chi connectivity index (χ3n) is 13.5. The van der Waals surface area contributed by atoms with Crippen LogP contribution in [-0.2, 0) is 28.6 Å². The molecular weight excluding hydrogens is 997 g/mol. The van der Waals surface area contributed by atoms with Gasteiger partial charge in [-0.2, -0.15) is 0 Å². The summed E-state index contributed by atoms with van der Waals surface area (Å²) in [5, 5.41) is 0. The normalized spacial score (nSPS) is 13.2. The Balaban J connectivity index is 4.58. The molecule has 81 heavy (non-hydrogen) atoms. The topological polar surface area (TPSA) is 78.9 Å². The Morgan fingerprint density at radius 2 is 0.506 bits per heavy atom. The number of hydrogen-bond donors (Lipinski definition) is 0. The van der Waals surface area contributed by atoms with Gasteiger partial charge in [-0.15, -0.1) is 0 Å². The standard InChI is InChI=1S/C75H120O6/c1-4-7-10-13-16-19-22-25-28-31-34-36-37-39-41-44-47-50-53-56-59-62-65-68-74(77)80-71-72(70-79-73(76)67-64-61-58-55-52-49-46-43-40-33-30-27-24-21-18-15-12-9-6-3)81-75(78)69-66-63-60-57-54-51-48-45-42-38-35-32-29-26-23-20-17-14-11-8-5-2/h7,9-10,12,16,18-19,21,25,27-28,30,34,36,39-41,43,47,49-50,52,56,58-59,61,72H,4-6,8,11,13-15,17,20,22-24,26,29,31-33,35,37-38,42,44-46,48,51,53-55,57,60,62-71H2,1-3H3/b10-7-,12-9-,19-16-,21-18-,28-25-,30-27-,36-34-,41-39-,43-40-,50-47-,52-49-,59-56-,61-58-. The predicted octanol–water partition coefficient (Wildman–Crippen LogP) is 22.9. The maximum atomic E-state index is 12.9. The summed E-state index contributed by atoms with van der Waals surface area (Å²) < 4.78 is 16.8. The molecule has 0 spiro atoms. The zero-order valence-electron chi connectivity index (χ0n) is 52.2. The van der Waals surface area contributed by atoms with E-state index in [1.54, 1.807) is 0 Å². The minimum atomic E-state index is -0.840. The van der Waals surface area contributed by atoms with Crippen LogP contribution in [0.15, 0.2) is 158 Å². The largest absolute Gasteiger partial charge is 0.462 e. The third-order valence-corrected chi connectivity index (χ3v) is 13.5. The van der Waals surface area contributed by atoms with Gasteiger partial charge in [-0.05, 0) is 109 Å². The van der Waals surface area contributed by atoms with Gasteiger partial charge in [0.2, 0.25) is 0 Å². The average Bonchev–Trinajstić information content (AvgIpc) is 3.47. The van der Waals surface area contributed by atoms with Crippen LogP contribution in [0.25, 0.3) is 0 Å². The van der Waals surface area contributed by atoms with E-state index in [4.69, 9.17) is 14.2 Å². The van der Waals surface area contributed by atoms with Crippen LogP contribution in [-0.4, -0.2) is 37.2 Å². The van der Waals surface area contributed by atoms with Gasteiger partial charge in [-0.25, -0.2) is 0 Å². The second kappa shape index (κ2) is 67.5. The highest BCUT2D eigenvalue weighted by Crippen LogP contribution is 2.16. The molecule has 0 aromatic rings. The Morgan fingerprint density at radius 3 is 0.815 bits per heavy atom. The molecule has 0 aromatic heterocycles. The van der Waals surface area contributed by atoms with Gasteiger partial charge < -0.3 is 14.2 Å². The fraction of sp³-hybridized carbons (Fsp3) is 0.613. The summed E-state index contributed by atoms with van der Waals surface area (Å²) in [5.74, 6) is -1.07. The molecule has 6 heteroatoms. The molecule has 1 atom stereocenters. The number of allylic oxidation sites excluding steroid dienone is 26. The first-order valence-electron chi connectivity index (χ1n) is 33.0. The number of ether oxygens (including phenoxy) is 3. The Morgan fingerprint density at radius 1 is 0.259 bits per heavy atom. The van der Waals surface area contributed by atoms with Crippen LogP contribution in [0.5, 0.6) is 0 Å². The first-order valence-corrected chi connectivity index (χ1v) is 33.0. The number of carbonyl (C=O) groups is 3. The van der Waals surface area contributed by atoms with Crippen molar-refractivity contribution in [2.45, 2.75) is 284 Å². The van der Waals surface area contributed by atoms with Gasteiger partial charge in [0.25, 0.3) is 0 Å². The molecular formula is C75H120O6. The van der Waals surface area contributed by atoms with E-state index in [9.17, 15) is 14.4 Å². The Kier molecular flexibility index (Phi) is 63.4. The first kappa shape index (κ1) is 76.0. The summed E-state index contributed by atoms with van der Waals surface area (Å²) in [7, 11) is 0. The van der Waals surface area contributed by atoms with Crippen molar-refractivity contribution in [2.75, 3.05) is 13.2 Å². The zero-order chi connectivity index (χ0) is 58.5. The minimum Gasteiger partial charge on any atom is -0.462 e. The summed E-state index contributed by atoms with van der Waals surface area (Å²) in [4.78, 5) is 38.3. The van der Waals surface area contributed by atoms with Crippen LogP contribution in [0.2, 0.25) is 0 Å². The lowest BCUT2D eigenvalue weighted by Gasteiger charge is -2.18. The van der Waals surface area contributed by atoms with E-state index in [-0.39, 0.29) is 44.0 Å². The van der Waals surface area contributed by atoms with Crippen molar-refractivity contribution in [2.24, 2.45) is 0 Å². The van der Waals surface area contributed by atoms with Crippen LogP contribution in [0.1, 0.15) is 278 Å². The van der Waals surface area contributed by atoms with Crippen molar-refractivity contribution < 1.29 is 28.6 Å². The van der Waals surface area contributed by atoms with Crippen LogP contribution in [0.3, 0.4) is 0 Å². The van der Waals surface area contributed by atoms with Gasteiger partial charge in [-0.3, -0.25) is 14.4 Å². The van der Waals surface area contributed by atoms with Gasteiger partial charge in [0.15, 0.2) is 6.10 Å². The van der Waals surface area contributed by atoms with Crippen molar-refractivity contribution >= 4 is 17.9 Å². The number of hydrogen-bond acceptors (Lipinski definition) is 6. The molecule has 0 rings (SSSR count). The van der Waals surface area contributed by atoms with Gasteiger partial charge >= 0.3 is 17.9 Å². The molecule has 0 bridgehead atoms. The number of rotatable bonds is 58. The quantitative estimate of drug-likeness (QED) is 0.0261. The van der Waals surface area contributed by atoms with E-state index in [1.165, 1.54) is 116 Å². The number of esters is 3. The maximum absolute atomic E-state index is 12.9. The maximum Gasteiger partial charge on any atom is 0.306 e. The molecule has 0 saturated heterocycles. The smallest absolute Gasteiger partial charge is 0.306 e. The minimum absolute atomic E-state index is 0.136. The van der Waals surface area contributed by atoms with Crippen LogP contribution in [0.4, 0.5) is 0 Å².